The average molecular weight is 689 g/mol. The zero-order chi connectivity index (χ0) is 34.9. The summed E-state index contributed by atoms with van der Waals surface area (Å²) >= 11 is 6.36. The second-order valence-corrected chi connectivity index (χ2v) is 13.6. The molecule has 0 aromatic carbocycles. The normalized spacial score (nSPS) is 21.8. The lowest BCUT2D eigenvalue weighted by Crippen LogP contribution is -2.42. The van der Waals surface area contributed by atoms with Gasteiger partial charge in [0.05, 0.1) is 35.2 Å². The van der Waals surface area contributed by atoms with E-state index in [1.54, 1.807) is 6.92 Å². The number of halogens is 1. The third-order valence-corrected chi connectivity index (χ3v) is 10.3. The molecule has 2 aliphatic rings. The second-order valence-electron chi connectivity index (χ2n) is 13.4. The van der Waals surface area contributed by atoms with Crippen LogP contribution in [0.3, 0.4) is 0 Å². The summed E-state index contributed by atoms with van der Waals surface area (Å²) in [4.78, 5) is 65.0. The van der Waals surface area contributed by atoms with Gasteiger partial charge in [0.25, 0.3) is 0 Å². The molecule has 1 N–H and O–H groups in total. The average Bonchev–Trinajstić information content (AvgIpc) is 3.07. The highest BCUT2D eigenvalue weighted by atomic mass is 35.5. The van der Waals surface area contributed by atoms with Crippen molar-refractivity contribution in [2.45, 2.75) is 124 Å². The molecule has 0 heterocycles. The number of carboxylic acids is 1. The molecule has 5 atom stereocenters. The van der Waals surface area contributed by atoms with Crippen molar-refractivity contribution in [3.05, 3.63) is 0 Å². The van der Waals surface area contributed by atoms with E-state index in [9.17, 15) is 29.1 Å². The summed E-state index contributed by atoms with van der Waals surface area (Å²) in [5.74, 6) is -5.74. The van der Waals surface area contributed by atoms with Gasteiger partial charge in [-0.25, -0.2) is 0 Å². The number of carboxylic acid groups (broad SMARTS) is 1. The van der Waals surface area contributed by atoms with Crippen LogP contribution in [0.4, 0.5) is 0 Å². The summed E-state index contributed by atoms with van der Waals surface area (Å²) < 4.78 is 27.7. The van der Waals surface area contributed by atoms with Crippen molar-refractivity contribution in [1.29, 1.82) is 0 Å². The van der Waals surface area contributed by atoms with Gasteiger partial charge < -0.3 is 28.8 Å². The first kappa shape index (κ1) is 40.8. The van der Waals surface area contributed by atoms with E-state index >= 15 is 0 Å². The van der Waals surface area contributed by atoms with E-state index in [1.807, 2.05) is 20.8 Å². The van der Waals surface area contributed by atoms with Crippen LogP contribution in [0.25, 0.3) is 0 Å². The molecule has 0 bridgehead atoms. The second kappa shape index (κ2) is 20.9. The van der Waals surface area contributed by atoms with Crippen LogP contribution in [0.1, 0.15) is 118 Å². The van der Waals surface area contributed by atoms with Crippen LogP contribution in [-0.2, 0) is 47.7 Å². The molecule has 0 radical (unpaired) electrons. The first-order valence-corrected chi connectivity index (χ1v) is 18.1. The Hall–Kier alpha value is -2.40. The number of carbonyl (C=O) groups is 5. The number of hydrogen-bond donors (Lipinski definition) is 1. The molecular weight excluding hydrogens is 632 g/mol. The van der Waals surface area contributed by atoms with Crippen LogP contribution >= 0.6 is 11.6 Å². The van der Waals surface area contributed by atoms with Gasteiger partial charge in [0.15, 0.2) is 0 Å². The minimum atomic E-state index is -1.33. The Labute approximate surface area is 285 Å². The quantitative estimate of drug-likeness (QED) is 0.0630. The van der Waals surface area contributed by atoms with Gasteiger partial charge in [0.1, 0.15) is 25.9 Å². The van der Waals surface area contributed by atoms with Crippen LogP contribution in [0.5, 0.6) is 0 Å². The van der Waals surface area contributed by atoms with E-state index in [2.05, 4.69) is 0 Å². The molecule has 270 valence electrons. The molecule has 0 aromatic rings. The Balaban J connectivity index is 2.15. The van der Waals surface area contributed by atoms with E-state index < -0.39 is 52.5 Å². The topological polar surface area (TPSA) is 152 Å². The standard InChI is InChI=1S/C35H57ClO11/c1-5-17-35(6-2,33(42)47-26-13-9-8-10-14-26)23-25(30(39)44-19-18-43-7-3)22-34(4,24-36)32(41)46-21-20-45-31(40)28-16-12-11-15-27(28)29(37)38/h25-28H,5-24H2,1-4H3,(H,37,38). The van der Waals surface area contributed by atoms with E-state index in [4.69, 9.17) is 35.3 Å². The summed E-state index contributed by atoms with van der Waals surface area (Å²) in [5, 5.41) is 9.47. The molecule has 0 aliphatic heterocycles. The highest BCUT2D eigenvalue weighted by Gasteiger charge is 2.47. The molecule has 5 unspecified atom stereocenters. The van der Waals surface area contributed by atoms with Gasteiger partial charge in [-0.3, -0.25) is 24.0 Å². The predicted octanol–water partition coefficient (Wildman–Crippen LogP) is 6.26. The monoisotopic (exact) mass is 688 g/mol. The number of rotatable bonds is 21. The number of esters is 4. The Kier molecular flexibility index (Phi) is 18.1. The Morgan fingerprint density at radius 1 is 0.787 bits per heavy atom. The lowest BCUT2D eigenvalue weighted by atomic mass is 9.70. The number of hydrogen-bond acceptors (Lipinski definition) is 10. The molecule has 0 aromatic heterocycles. The molecule has 2 aliphatic carbocycles. The molecule has 0 amide bonds. The molecule has 2 fully saturated rings. The van der Waals surface area contributed by atoms with Crippen molar-refractivity contribution in [1.82, 2.24) is 0 Å². The highest BCUT2D eigenvalue weighted by molar-refractivity contribution is 6.19. The maximum Gasteiger partial charge on any atom is 0.313 e. The lowest BCUT2D eigenvalue weighted by Gasteiger charge is -2.37. The SMILES string of the molecule is CCCC(CC)(CC(CC(C)(CCl)C(=O)OCCOC(=O)C1CCCCC1C(=O)O)C(=O)OCCOCC)C(=O)OC1CCCCC1. The molecule has 2 saturated carbocycles. The van der Waals surface area contributed by atoms with Crippen LogP contribution in [0.15, 0.2) is 0 Å². The van der Waals surface area contributed by atoms with Crippen LogP contribution in [0.2, 0.25) is 0 Å². The van der Waals surface area contributed by atoms with E-state index in [0.29, 0.717) is 38.7 Å². The summed E-state index contributed by atoms with van der Waals surface area (Å²) in [5.41, 5.74) is -2.28. The van der Waals surface area contributed by atoms with Gasteiger partial charge >= 0.3 is 29.8 Å². The number of carbonyl (C=O) groups excluding carboxylic acids is 4. The van der Waals surface area contributed by atoms with Crippen LogP contribution in [-0.4, -0.2) is 80.0 Å². The molecule has 11 nitrogen and oxygen atoms in total. The van der Waals surface area contributed by atoms with Gasteiger partial charge in [0, 0.05) is 12.5 Å². The van der Waals surface area contributed by atoms with Crippen molar-refractivity contribution < 1.29 is 52.8 Å². The van der Waals surface area contributed by atoms with Crippen molar-refractivity contribution in [3.8, 4) is 0 Å². The Bertz CT molecular complexity index is 1010. The van der Waals surface area contributed by atoms with Crippen LogP contribution < -0.4 is 0 Å². The minimum absolute atomic E-state index is 0.0275. The smallest absolute Gasteiger partial charge is 0.313 e. The van der Waals surface area contributed by atoms with Crippen LogP contribution in [0, 0.1) is 28.6 Å². The number of ether oxygens (including phenoxy) is 5. The van der Waals surface area contributed by atoms with Gasteiger partial charge in [-0.15, -0.1) is 11.6 Å². The maximum absolute atomic E-state index is 13.8. The van der Waals surface area contributed by atoms with E-state index in [1.165, 1.54) is 0 Å². The van der Waals surface area contributed by atoms with E-state index in [-0.39, 0.29) is 57.2 Å². The third-order valence-electron chi connectivity index (χ3n) is 9.74. The fraction of sp³-hybridized carbons (Fsp3) is 0.857. The molecule has 0 saturated heterocycles. The zero-order valence-corrected chi connectivity index (χ0v) is 29.6. The summed E-state index contributed by atoms with van der Waals surface area (Å²) in [6, 6.07) is 0. The molecular formula is C35H57ClO11. The fourth-order valence-corrected chi connectivity index (χ4v) is 7.09. The van der Waals surface area contributed by atoms with Crippen molar-refractivity contribution >= 4 is 41.4 Å². The summed E-state index contributed by atoms with van der Waals surface area (Å²) in [6.45, 7) is 7.55. The predicted molar refractivity (Wildman–Crippen MR) is 175 cm³/mol. The Morgan fingerprint density at radius 2 is 1.40 bits per heavy atom. The number of alkyl halides is 1. The summed E-state index contributed by atoms with van der Waals surface area (Å²) in [6.07, 6.45) is 8.76. The first-order valence-electron chi connectivity index (χ1n) is 17.5. The molecule has 0 spiro atoms. The van der Waals surface area contributed by atoms with Gasteiger partial charge in [-0.05, 0) is 78.1 Å². The fourth-order valence-electron chi connectivity index (χ4n) is 6.87. The molecule has 2 rings (SSSR count). The van der Waals surface area contributed by atoms with Gasteiger partial charge in [-0.1, -0.05) is 39.5 Å². The van der Waals surface area contributed by atoms with Crippen molar-refractivity contribution in [3.63, 3.8) is 0 Å². The zero-order valence-electron chi connectivity index (χ0n) is 28.9. The highest BCUT2D eigenvalue weighted by Crippen LogP contribution is 2.42. The van der Waals surface area contributed by atoms with Gasteiger partial charge in [0.2, 0.25) is 0 Å². The summed E-state index contributed by atoms with van der Waals surface area (Å²) in [7, 11) is 0. The third kappa shape index (κ3) is 12.5. The molecule has 47 heavy (non-hydrogen) atoms. The first-order chi connectivity index (χ1) is 22.5. The number of aliphatic carboxylic acids is 1. The lowest BCUT2D eigenvalue weighted by molar-refractivity contribution is -0.169. The van der Waals surface area contributed by atoms with Crippen molar-refractivity contribution in [2.24, 2.45) is 28.6 Å². The largest absolute Gasteiger partial charge is 0.481 e. The van der Waals surface area contributed by atoms with E-state index in [0.717, 1.165) is 44.9 Å². The van der Waals surface area contributed by atoms with Gasteiger partial charge in [-0.2, -0.15) is 0 Å². The molecule has 12 heteroatoms. The van der Waals surface area contributed by atoms with Crippen molar-refractivity contribution in [2.75, 3.05) is 38.9 Å². The maximum atomic E-state index is 13.8. The minimum Gasteiger partial charge on any atom is -0.481 e. The Morgan fingerprint density at radius 3 is 2.00 bits per heavy atom.